The molecule has 0 unspecified atom stereocenters. The fourth-order valence-electron chi connectivity index (χ4n) is 3.79. The van der Waals surface area contributed by atoms with E-state index in [1.165, 1.54) is 25.1 Å². The molecule has 2 N–H and O–H groups in total. The van der Waals surface area contributed by atoms with Crippen molar-refractivity contribution in [1.82, 2.24) is 3.97 Å². The fourth-order valence-corrected chi connectivity index (χ4v) is 5.53. The lowest BCUT2D eigenvalue weighted by Crippen LogP contribution is -2.16. The summed E-state index contributed by atoms with van der Waals surface area (Å²) in [7, 11) is -4.14. The van der Waals surface area contributed by atoms with Gasteiger partial charge in [-0.15, -0.1) is 0 Å². The molecule has 6 nitrogen and oxygen atoms in total. The molecule has 0 saturated carbocycles. The Morgan fingerprint density at radius 1 is 1.03 bits per heavy atom. The lowest BCUT2D eigenvalue weighted by atomic mass is 10.1. The summed E-state index contributed by atoms with van der Waals surface area (Å²) in [5.41, 5.74) is 2.90. The lowest BCUT2D eigenvalue weighted by molar-refractivity contribution is -0.136. The van der Waals surface area contributed by atoms with E-state index in [0.717, 1.165) is 21.3 Å². The minimum atomic E-state index is -4.14. The SMILES string of the molecule is Cc1ccc(Nc2ccccc2S(=O)(=O)n2c(C)c(CC(=O)O)c3cc(F)ccc32)cc1. The summed E-state index contributed by atoms with van der Waals surface area (Å²) in [4.78, 5) is 11.4. The minimum Gasteiger partial charge on any atom is -0.481 e. The van der Waals surface area contributed by atoms with Crippen molar-refractivity contribution in [2.45, 2.75) is 25.2 Å². The quantitative estimate of drug-likeness (QED) is 0.430. The topological polar surface area (TPSA) is 88.4 Å². The molecule has 0 atom stereocenters. The first kappa shape index (κ1) is 21.6. The summed E-state index contributed by atoms with van der Waals surface area (Å²) >= 11 is 0. The van der Waals surface area contributed by atoms with Crippen LogP contribution in [0.4, 0.5) is 15.8 Å². The van der Waals surface area contributed by atoms with Crippen LogP contribution in [0, 0.1) is 19.7 Å². The van der Waals surface area contributed by atoms with Gasteiger partial charge in [-0.05, 0) is 61.9 Å². The Morgan fingerprint density at radius 3 is 2.41 bits per heavy atom. The van der Waals surface area contributed by atoms with E-state index >= 15 is 0 Å². The van der Waals surface area contributed by atoms with Gasteiger partial charge in [-0.25, -0.2) is 16.8 Å². The van der Waals surface area contributed by atoms with Crippen LogP contribution in [0.2, 0.25) is 0 Å². The van der Waals surface area contributed by atoms with Gasteiger partial charge in [-0.2, -0.15) is 0 Å². The molecule has 0 aliphatic rings. The van der Waals surface area contributed by atoms with Gasteiger partial charge in [0.25, 0.3) is 10.0 Å². The number of nitrogens with zero attached hydrogens (tertiary/aromatic N) is 1. The van der Waals surface area contributed by atoms with E-state index < -0.39 is 28.2 Å². The highest BCUT2D eigenvalue weighted by Gasteiger charge is 2.28. The summed E-state index contributed by atoms with van der Waals surface area (Å²) in [6.45, 7) is 3.49. The molecule has 4 rings (SSSR count). The second kappa shape index (κ2) is 8.12. The van der Waals surface area contributed by atoms with Gasteiger partial charge in [0.1, 0.15) is 10.7 Å². The number of carbonyl (C=O) groups is 1. The van der Waals surface area contributed by atoms with E-state index in [4.69, 9.17) is 0 Å². The van der Waals surface area contributed by atoms with E-state index in [1.54, 1.807) is 18.2 Å². The predicted molar refractivity (Wildman–Crippen MR) is 121 cm³/mol. The molecule has 0 aliphatic heterocycles. The number of para-hydroxylation sites is 1. The van der Waals surface area contributed by atoms with Crippen LogP contribution in [0.3, 0.4) is 0 Å². The van der Waals surface area contributed by atoms with Crippen LogP contribution in [0.1, 0.15) is 16.8 Å². The van der Waals surface area contributed by atoms with Crippen LogP contribution in [0.15, 0.2) is 71.6 Å². The first-order chi connectivity index (χ1) is 15.2. The largest absolute Gasteiger partial charge is 0.481 e. The predicted octanol–water partition coefficient (Wildman–Crippen LogP) is 5.00. The number of aliphatic carboxylic acids is 1. The van der Waals surface area contributed by atoms with Crippen molar-refractivity contribution < 1.29 is 22.7 Å². The van der Waals surface area contributed by atoms with Gasteiger partial charge in [0, 0.05) is 16.8 Å². The van der Waals surface area contributed by atoms with Crippen LogP contribution < -0.4 is 5.32 Å². The summed E-state index contributed by atoms with van der Waals surface area (Å²) < 4.78 is 42.6. The van der Waals surface area contributed by atoms with Gasteiger partial charge in [-0.3, -0.25) is 4.79 Å². The maximum atomic E-state index is 13.9. The minimum absolute atomic E-state index is 0.0202. The number of carboxylic acid groups (broad SMARTS) is 1. The van der Waals surface area contributed by atoms with Gasteiger partial charge in [0.15, 0.2) is 0 Å². The molecular weight excluding hydrogens is 431 g/mol. The lowest BCUT2D eigenvalue weighted by Gasteiger charge is -2.15. The average Bonchev–Trinajstić information content (AvgIpc) is 3.01. The molecular formula is C24H21FN2O4S. The maximum Gasteiger partial charge on any atom is 0.307 e. The van der Waals surface area contributed by atoms with Crippen molar-refractivity contribution in [3.8, 4) is 0 Å². The summed E-state index contributed by atoms with van der Waals surface area (Å²) in [6, 6.07) is 17.7. The highest BCUT2D eigenvalue weighted by Crippen LogP contribution is 2.34. The molecule has 0 saturated heterocycles. The molecule has 1 aromatic heterocycles. The van der Waals surface area contributed by atoms with Crippen LogP contribution >= 0.6 is 0 Å². The molecule has 32 heavy (non-hydrogen) atoms. The number of hydrogen-bond donors (Lipinski definition) is 2. The van der Waals surface area contributed by atoms with Crippen molar-refractivity contribution in [3.63, 3.8) is 0 Å². The fraction of sp³-hybridized carbons (Fsp3) is 0.125. The monoisotopic (exact) mass is 452 g/mol. The van der Waals surface area contributed by atoms with E-state index in [0.29, 0.717) is 5.69 Å². The molecule has 0 bridgehead atoms. The smallest absolute Gasteiger partial charge is 0.307 e. The number of benzene rings is 3. The van der Waals surface area contributed by atoms with Crippen molar-refractivity contribution >= 4 is 38.3 Å². The van der Waals surface area contributed by atoms with Crippen LogP contribution in [-0.4, -0.2) is 23.5 Å². The molecule has 0 radical (unpaired) electrons. The standard InChI is InChI=1S/C24H21FN2O4S/c1-15-7-10-18(11-8-15)26-21-5-3-4-6-23(21)32(30,31)27-16(2)19(14-24(28)29)20-13-17(25)9-12-22(20)27/h3-13,26H,14H2,1-2H3,(H,28,29). The number of hydrogen-bond acceptors (Lipinski definition) is 4. The van der Waals surface area contributed by atoms with Crippen LogP contribution in [0.25, 0.3) is 10.9 Å². The molecule has 0 fully saturated rings. The molecule has 0 spiro atoms. The molecule has 3 aromatic carbocycles. The van der Waals surface area contributed by atoms with Gasteiger partial charge < -0.3 is 10.4 Å². The number of fused-ring (bicyclic) bond motifs is 1. The molecule has 164 valence electrons. The zero-order valence-corrected chi connectivity index (χ0v) is 18.3. The first-order valence-electron chi connectivity index (χ1n) is 9.88. The van der Waals surface area contributed by atoms with Crippen molar-refractivity contribution in [3.05, 3.63) is 89.4 Å². The highest BCUT2D eigenvalue weighted by molar-refractivity contribution is 7.90. The van der Waals surface area contributed by atoms with E-state index in [2.05, 4.69) is 5.32 Å². The third-order valence-corrected chi connectivity index (χ3v) is 7.17. The Kier molecular flexibility index (Phi) is 5.48. The van der Waals surface area contributed by atoms with Crippen molar-refractivity contribution in [1.29, 1.82) is 0 Å². The number of carboxylic acids is 1. The van der Waals surface area contributed by atoms with E-state index in [1.807, 2.05) is 31.2 Å². The summed E-state index contributed by atoms with van der Waals surface area (Å²) in [6.07, 6.45) is -0.419. The maximum absolute atomic E-state index is 13.9. The van der Waals surface area contributed by atoms with Gasteiger partial charge >= 0.3 is 5.97 Å². The number of rotatable bonds is 6. The number of anilines is 2. The molecule has 0 amide bonds. The number of nitrogens with one attached hydrogen (secondary N) is 1. The van der Waals surface area contributed by atoms with Gasteiger partial charge in [0.2, 0.25) is 0 Å². The third kappa shape index (κ3) is 3.85. The molecule has 8 heteroatoms. The normalized spacial score (nSPS) is 11.6. The zero-order valence-electron chi connectivity index (χ0n) is 17.5. The van der Waals surface area contributed by atoms with E-state index in [9.17, 15) is 22.7 Å². The van der Waals surface area contributed by atoms with Crippen LogP contribution in [0.5, 0.6) is 0 Å². The zero-order chi connectivity index (χ0) is 23.0. The summed E-state index contributed by atoms with van der Waals surface area (Å²) in [5.74, 6) is -1.70. The average molecular weight is 453 g/mol. The number of aryl methyl sites for hydroxylation is 1. The first-order valence-corrected chi connectivity index (χ1v) is 11.3. The number of aromatic nitrogens is 1. The third-order valence-electron chi connectivity index (χ3n) is 5.31. The van der Waals surface area contributed by atoms with E-state index in [-0.39, 0.29) is 27.1 Å². The van der Waals surface area contributed by atoms with Gasteiger partial charge in [-0.1, -0.05) is 29.8 Å². The second-order valence-electron chi connectivity index (χ2n) is 7.55. The second-order valence-corrected chi connectivity index (χ2v) is 9.31. The molecule has 1 heterocycles. The summed E-state index contributed by atoms with van der Waals surface area (Å²) in [5, 5.41) is 12.7. The van der Waals surface area contributed by atoms with Gasteiger partial charge in [0.05, 0.1) is 17.6 Å². The highest BCUT2D eigenvalue weighted by atomic mass is 32.2. The Balaban J connectivity index is 1.91. The van der Waals surface area contributed by atoms with Crippen molar-refractivity contribution in [2.75, 3.05) is 5.32 Å². The van der Waals surface area contributed by atoms with Crippen LogP contribution in [-0.2, 0) is 21.2 Å². The number of halogens is 1. The Bertz CT molecular complexity index is 1440. The Hall–Kier alpha value is -3.65. The molecule has 4 aromatic rings. The molecule has 0 aliphatic carbocycles. The Morgan fingerprint density at radius 2 is 1.72 bits per heavy atom. The Labute approximate surface area is 185 Å². The van der Waals surface area contributed by atoms with Crippen molar-refractivity contribution in [2.24, 2.45) is 0 Å².